The summed E-state index contributed by atoms with van der Waals surface area (Å²) in [6, 6.07) is 11.5. The lowest BCUT2D eigenvalue weighted by atomic mass is 10.1. The third kappa shape index (κ3) is 5.77. The van der Waals surface area contributed by atoms with Crippen molar-refractivity contribution in [2.75, 3.05) is 0 Å². The fourth-order valence-electron chi connectivity index (χ4n) is 2.22. The summed E-state index contributed by atoms with van der Waals surface area (Å²) < 4.78 is 5.78. The Kier molecular flexibility index (Phi) is 6.39. The van der Waals surface area contributed by atoms with E-state index in [4.69, 9.17) is 4.74 Å². The third-order valence-electron chi connectivity index (χ3n) is 3.25. The second-order valence-corrected chi connectivity index (χ2v) is 5.58. The molecule has 1 heterocycles. The molecule has 0 radical (unpaired) electrons. The Balaban J connectivity index is 2.01. The highest BCUT2D eigenvalue weighted by atomic mass is 16.5. The molecule has 0 bridgehead atoms. The van der Waals surface area contributed by atoms with Gasteiger partial charge in [-0.25, -0.2) is 4.98 Å². The van der Waals surface area contributed by atoms with Gasteiger partial charge in [0.1, 0.15) is 5.75 Å². The second kappa shape index (κ2) is 8.73. The maximum atomic E-state index is 10.9. The average molecular weight is 322 g/mol. The summed E-state index contributed by atoms with van der Waals surface area (Å²) in [6.07, 6.45) is 3.80. The molecular weight excluding hydrogens is 300 g/mol. The van der Waals surface area contributed by atoms with Gasteiger partial charge in [-0.05, 0) is 37.1 Å². The van der Waals surface area contributed by atoms with E-state index in [9.17, 15) is 4.79 Å². The van der Waals surface area contributed by atoms with Crippen molar-refractivity contribution in [3.8, 4) is 23.5 Å². The van der Waals surface area contributed by atoms with Gasteiger partial charge in [-0.2, -0.15) is 0 Å². The van der Waals surface area contributed by atoms with E-state index in [2.05, 4.69) is 35.1 Å². The Hall–Kier alpha value is -2.80. The number of hydrogen-bond donors (Lipinski definition) is 1. The highest BCUT2D eigenvalue weighted by molar-refractivity contribution is 5.73. The summed E-state index contributed by atoms with van der Waals surface area (Å²) in [6.45, 7) is 5.46. The Morgan fingerprint density at radius 1 is 1.33 bits per heavy atom. The highest BCUT2D eigenvalue weighted by Crippen LogP contribution is 2.21. The van der Waals surface area contributed by atoms with Crippen LogP contribution in [0.3, 0.4) is 0 Å². The number of ether oxygens (including phenoxy) is 1. The van der Waals surface area contributed by atoms with Crippen molar-refractivity contribution in [2.45, 2.75) is 39.7 Å². The molecule has 0 aliphatic heterocycles. The molecule has 4 heteroatoms. The Morgan fingerprint density at radius 2 is 2.17 bits per heavy atom. The molecule has 1 aromatic heterocycles. The van der Waals surface area contributed by atoms with Crippen LogP contribution in [-0.4, -0.2) is 16.9 Å². The van der Waals surface area contributed by atoms with Crippen molar-refractivity contribution in [3.05, 3.63) is 53.7 Å². The van der Waals surface area contributed by atoms with Crippen LogP contribution in [0.5, 0.6) is 11.6 Å². The number of amides is 1. The highest BCUT2D eigenvalue weighted by Gasteiger charge is 2.01. The van der Waals surface area contributed by atoms with Crippen LogP contribution in [0.25, 0.3) is 0 Å². The molecule has 0 fully saturated rings. The first-order valence-corrected chi connectivity index (χ1v) is 8.08. The van der Waals surface area contributed by atoms with Crippen molar-refractivity contribution < 1.29 is 9.53 Å². The molecule has 1 atom stereocenters. The van der Waals surface area contributed by atoms with Crippen molar-refractivity contribution in [2.24, 2.45) is 0 Å². The number of rotatable bonds is 5. The van der Waals surface area contributed by atoms with Crippen LogP contribution >= 0.6 is 0 Å². The lowest BCUT2D eigenvalue weighted by Gasteiger charge is -2.06. The first-order valence-electron chi connectivity index (χ1n) is 8.08. The molecule has 1 aromatic carbocycles. The van der Waals surface area contributed by atoms with Gasteiger partial charge < -0.3 is 10.1 Å². The van der Waals surface area contributed by atoms with E-state index in [1.165, 1.54) is 12.5 Å². The molecule has 0 aliphatic rings. The number of carbonyl (C=O) groups is 1. The Morgan fingerprint density at radius 3 is 2.83 bits per heavy atom. The van der Waals surface area contributed by atoms with Crippen LogP contribution in [-0.2, 0) is 11.2 Å². The fourth-order valence-corrected chi connectivity index (χ4v) is 2.22. The molecule has 1 N–H and O–H groups in total. The van der Waals surface area contributed by atoms with E-state index < -0.39 is 0 Å². The largest absolute Gasteiger partial charge is 0.439 e. The van der Waals surface area contributed by atoms with E-state index in [1.54, 1.807) is 12.3 Å². The number of hydrogen-bond acceptors (Lipinski definition) is 3. The van der Waals surface area contributed by atoms with Crippen LogP contribution in [0.15, 0.2) is 42.6 Å². The van der Waals surface area contributed by atoms with Gasteiger partial charge in [0.25, 0.3) is 0 Å². The molecule has 2 rings (SSSR count). The first-order chi connectivity index (χ1) is 11.6. The average Bonchev–Trinajstić information content (AvgIpc) is 2.54. The number of nitrogens with zero attached hydrogens (tertiary/aromatic N) is 1. The number of nitrogens with one attached hydrogen (secondary N) is 1. The minimum atomic E-state index is -0.195. The zero-order valence-electron chi connectivity index (χ0n) is 14.3. The minimum absolute atomic E-state index is 0.0935. The predicted octanol–water partition coefficient (Wildman–Crippen LogP) is 3.70. The van der Waals surface area contributed by atoms with Crippen LogP contribution in [0.4, 0.5) is 0 Å². The van der Waals surface area contributed by atoms with E-state index >= 15 is 0 Å². The number of carbonyl (C=O) groups excluding carboxylic acids is 1. The lowest BCUT2D eigenvalue weighted by Crippen LogP contribution is -2.28. The number of aryl methyl sites for hydroxylation is 1. The topological polar surface area (TPSA) is 51.2 Å². The molecule has 1 amide bonds. The van der Waals surface area contributed by atoms with Crippen LogP contribution in [0.2, 0.25) is 0 Å². The summed E-state index contributed by atoms with van der Waals surface area (Å²) in [5.41, 5.74) is 2.03. The summed E-state index contributed by atoms with van der Waals surface area (Å²) in [5.74, 6) is 7.16. The van der Waals surface area contributed by atoms with Crippen molar-refractivity contribution >= 4 is 5.91 Å². The molecule has 1 unspecified atom stereocenters. The maximum Gasteiger partial charge on any atom is 0.219 e. The first kappa shape index (κ1) is 17.6. The van der Waals surface area contributed by atoms with Gasteiger partial charge in [-0.15, -0.1) is 0 Å². The summed E-state index contributed by atoms with van der Waals surface area (Å²) in [7, 11) is 0. The molecule has 2 aromatic rings. The normalized spacial score (nSPS) is 11.1. The van der Waals surface area contributed by atoms with E-state index in [0.29, 0.717) is 5.88 Å². The predicted molar refractivity (Wildman–Crippen MR) is 94.9 cm³/mol. The third-order valence-corrected chi connectivity index (χ3v) is 3.25. The molecule has 124 valence electrons. The molecule has 4 nitrogen and oxygen atoms in total. The molecular formula is C20H22N2O2. The second-order valence-electron chi connectivity index (χ2n) is 5.58. The Labute approximate surface area is 143 Å². The minimum Gasteiger partial charge on any atom is -0.439 e. The maximum absolute atomic E-state index is 10.9. The standard InChI is InChI=1S/C20H22N2O2/c1-4-6-17-7-5-8-19(13-17)24-20-12-11-18(14-21-20)10-9-15(2)22-16(3)23/h5,7-8,11-15H,4,6H2,1-3H3,(H,22,23). The van der Waals surface area contributed by atoms with Gasteiger partial charge >= 0.3 is 0 Å². The fraction of sp³-hybridized carbons (Fsp3) is 0.300. The van der Waals surface area contributed by atoms with Gasteiger partial charge in [0, 0.05) is 24.8 Å². The zero-order chi connectivity index (χ0) is 17.4. The van der Waals surface area contributed by atoms with Crippen LogP contribution < -0.4 is 10.1 Å². The van der Waals surface area contributed by atoms with Gasteiger partial charge in [0.15, 0.2) is 0 Å². The molecule has 0 aliphatic carbocycles. The van der Waals surface area contributed by atoms with Gasteiger partial charge in [0.2, 0.25) is 11.8 Å². The molecule has 24 heavy (non-hydrogen) atoms. The monoisotopic (exact) mass is 322 g/mol. The van der Waals surface area contributed by atoms with Gasteiger partial charge in [0.05, 0.1) is 6.04 Å². The van der Waals surface area contributed by atoms with E-state index in [1.807, 2.05) is 31.2 Å². The summed E-state index contributed by atoms with van der Waals surface area (Å²) >= 11 is 0. The van der Waals surface area contributed by atoms with E-state index in [0.717, 1.165) is 24.2 Å². The SMILES string of the molecule is CCCc1cccc(Oc2ccc(C#CC(C)NC(C)=O)cn2)c1. The van der Waals surface area contributed by atoms with Crippen LogP contribution in [0, 0.1) is 11.8 Å². The molecule has 0 spiro atoms. The van der Waals surface area contributed by atoms with Gasteiger partial charge in [-0.3, -0.25) is 4.79 Å². The van der Waals surface area contributed by atoms with Gasteiger partial charge in [-0.1, -0.05) is 37.3 Å². The smallest absolute Gasteiger partial charge is 0.219 e. The van der Waals surface area contributed by atoms with E-state index in [-0.39, 0.29) is 11.9 Å². The molecule has 0 saturated carbocycles. The van der Waals surface area contributed by atoms with Crippen LogP contribution in [0.1, 0.15) is 38.3 Å². The van der Waals surface area contributed by atoms with Crippen molar-refractivity contribution in [1.82, 2.24) is 10.3 Å². The number of pyridine rings is 1. The van der Waals surface area contributed by atoms with Crippen molar-refractivity contribution in [1.29, 1.82) is 0 Å². The number of benzene rings is 1. The van der Waals surface area contributed by atoms with Crippen molar-refractivity contribution in [3.63, 3.8) is 0 Å². The molecule has 0 saturated heterocycles. The summed E-state index contributed by atoms with van der Waals surface area (Å²) in [5, 5.41) is 2.71. The summed E-state index contributed by atoms with van der Waals surface area (Å²) in [4.78, 5) is 15.2. The number of aromatic nitrogens is 1. The Bertz CT molecular complexity index is 742. The lowest BCUT2D eigenvalue weighted by molar-refractivity contribution is -0.119. The quantitative estimate of drug-likeness (QED) is 0.854. The zero-order valence-corrected chi connectivity index (χ0v) is 14.3.